The molecule has 0 aliphatic heterocycles. The van der Waals surface area contributed by atoms with Crippen LogP contribution in [-0.4, -0.2) is 38.3 Å². The molecule has 0 amide bonds. The molecule has 0 aliphatic carbocycles. The van der Waals surface area contributed by atoms with Gasteiger partial charge in [0.2, 0.25) is 0 Å². The molecular weight excluding hydrogens is 230 g/mol. The molecule has 5 heteroatoms. The molecule has 0 saturated carbocycles. The van der Waals surface area contributed by atoms with E-state index in [9.17, 15) is 0 Å². The lowest BCUT2D eigenvalue weighted by Crippen LogP contribution is -2.11. The first-order valence-electron chi connectivity index (χ1n) is 5.63. The maximum atomic E-state index is 5.38. The fourth-order valence-electron chi connectivity index (χ4n) is 2.07. The zero-order chi connectivity index (χ0) is 13.3. The molecule has 0 N–H and O–H groups in total. The van der Waals surface area contributed by atoms with Gasteiger partial charge in [-0.05, 0) is 13.0 Å². The van der Waals surface area contributed by atoms with Gasteiger partial charge in [0.05, 0.1) is 19.7 Å². The lowest BCUT2D eigenvalue weighted by Gasteiger charge is -2.17. The highest BCUT2D eigenvalue weighted by Gasteiger charge is 2.15. The highest BCUT2D eigenvalue weighted by Crippen LogP contribution is 2.38. The van der Waals surface area contributed by atoms with E-state index in [-0.39, 0.29) is 0 Å². The molecule has 2 rings (SSSR count). The van der Waals surface area contributed by atoms with Crippen LogP contribution in [-0.2, 0) is 0 Å². The van der Waals surface area contributed by atoms with Crippen LogP contribution in [0, 0.1) is 6.92 Å². The molecule has 1 aromatic heterocycles. The Morgan fingerprint density at radius 3 is 2.39 bits per heavy atom. The van der Waals surface area contributed by atoms with Crippen molar-refractivity contribution < 1.29 is 9.47 Å². The van der Waals surface area contributed by atoms with Crippen molar-refractivity contribution in [3.63, 3.8) is 0 Å². The molecule has 0 radical (unpaired) electrons. The number of hydrogen-bond donors (Lipinski definition) is 0. The first-order valence-corrected chi connectivity index (χ1v) is 5.63. The third-order valence-electron chi connectivity index (χ3n) is 2.91. The van der Waals surface area contributed by atoms with E-state index in [1.54, 1.807) is 20.5 Å². The van der Waals surface area contributed by atoms with E-state index in [0.29, 0.717) is 11.5 Å². The van der Waals surface area contributed by atoms with Crippen LogP contribution < -0.4 is 14.4 Å². The molecule has 0 bridgehead atoms. The SMILES string of the molecule is COc1cc2c(N(C)C)ncnc2c(C)c1OC. The minimum atomic E-state index is 0.695. The summed E-state index contributed by atoms with van der Waals surface area (Å²) in [4.78, 5) is 10.6. The number of anilines is 1. The van der Waals surface area contributed by atoms with Crippen LogP contribution in [0.15, 0.2) is 12.4 Å². The maximum Gasteiger partial charge on any atom is 0.165 e. The number of benzene rings is 1. The molecule has 0 unspecified atom stereocenters. The molecule has 1 heterocycles. The molecule has 18 heavy (non-hydrogen) atoms. The molecule has 0 aliphatic rings. The average Bonchev–Trinajstić information content (AvgIpc) is 2.37. The summed E-state index contributed by atoms with van der Waals surface area (Å²) in [7, 11) is 7.16. The second kappa shape index (κ2) is 4.68. The maximum absolute atomic E-state index is 5.38. The normalized spacial score (nSPS) is 10.5. The fourth-order valence-corrected chi connectivity index (χ4v) is 2.07. The highest BCUT2D eigenvalue weighted by molar-refractivity contribution is 5.94. The van der Waals surface area contributed by atoms with Gasteiger partial charge in [0.15, 0.2) is 11.5 Å². The number of fused-ring (bicyclic) bond motifs is 1. The van der Waals surface area contributed by atoms with Crippen molar-refractivity contribution in [2.45, 2.75) is 6.92 Å². The van der Waals surface area contributed by atoms with Gasteiger partial charge < -0.3 is 14.4 Å². The third kappa shape index (κ3) is 1.81. The smallest absolute Gasteiger partial charge is 0.165 e. The first-order chi connectivity index (χ1) is 8.60. The second-order valence-electron chi connectivity index (χ2n) is 4.22. The summed E-state index contributed by atoms with van der Waals surface area (Å²) in [5, 5.41) is 0.956. The standard InChI is InChI=1S/C13H17N3O2/c1-8-11-9(6-10(17-4)12(8)18-5)13(16(2)3)15-7-14-11/h6-7H,1-5H3. The topological polar surface area (TPSA) is 47.5 Å². The van der Waals surface area contributed by atoms with E-state index in [1.807, 2.05) is 32.0 Å². The number of rotatable bonds is 3. The lowest BCUT2D eigenvalue weighted by atomic mass is 10.1. The Hall–Kier alpha value is -2.04. The summed E-state index contributed by atoms with van der Waals surface area (Å²) in [5.41, 5.74) is 1.84. The molecule has 1 aromatic carbocycles. The number of aryl methyl sites for hydroxylation is 1. The highest BCUT2D eigenvalue weighted by atomic mass is 16.5. The number of ether oxygens (including phenoxy) is 2. The minimum Gasteiger partial charge on any atom is -0.493 e. The van der Waals surface area contributed by atoms with Crippen LogP contribution in [0.4, 0.5) is 5.82 Å². The zero-order valence-electron chi connectivity index (χ0n) is 11.3. The third-order valence-corrected chi connectivity index (χ3v) is 2.91. The van der Waals surface area contributed by atoms with Gasteiger partial charge in [0, 0.05) is 25.0 Å². The van der Waals surface area contributed by atoms with Crippen molar-refractivity contribution in [3.05, 3.63) is 18.0 Å². The van der Waals surface area contributed by atoms with E-state index in [4.69, 9.17) is 9.47 Å². The van der Waals surface area contributed by atoms with Crippen molar-refractivity contribution in [2.75, 3.05) is 33.2 Å². The molecule has 0 saturated heterocycles. The summed E-state index contributed by atoms with van der Waals surface area (Å²) in [6.07, 6.45) is 1.57. The predicted molar refractivity (Wildman–Crippen MR) is 71.7 cm³/mol. The van der Waals surface area contributed by atoms with Crippen LogP contribution in [0.5, 0.6) is 11.5 Å². The van der Waals surface area contributed by atoms with Crippen molar-refractivity contribution in [1.29, 1.82) is 0 Å². The zero-order valence-corrected chi connectivity index (χ0v) is 11.3. The predicted octanol–water partition coefficient (Wildman–Crippen LogP) is 2.02. The second-order valence-corrected chi connectivity index (χ2v) is 4.22. The Morgan fingerprint density at radius 2 is 1.83 bits per heavy atom. The Labute approximate surface area is 106 Å². The van der Waals surface area contributed by atoms with Crippen LogP contribution in [0.3, 0.4) is 0 Å². The molecule has 96 valence electrons. The molecule has 0 atom stereocenters. The molecular formula is C13H17N3O2. The van der Waals surface area contributed by atoms with E-state index >= 15 is 0 Å². The summed E-state index contributed by atoms with van der Waals surface area (Å²) in [6.45, 7) is 1.97. The Morgan fingerprint density at radius 1 is 1.11 bits per heavy atom. The molecule has 0 fully saturated rings. The summed E-state index contributed by atoms with van der Waals surface area (Å²) in [6, 6.07) is 1.91. The summed E-state index contributed by atoms with van der Waals surface area (Å²) in [5.74, 6) is 2.28. The molecule has 5 nitrogen and oxygen atoms in total. The van der Waals surface area contributed by atoms with Crippen molar-refractivity contribution >= 4 is 16.7 Å². The molecule has 2 aromatic rings. The first kappa shape index (κ1) is 12.4. The van der Waals surface area contributed by atoms with Gasteiger partial charge in [-0.2, -0.15) is 0 Å². The Bertz CT molecular complexity index is 582. The van der Waals surface area contributed by atoms with Gasteiger partial charge in [0.1, 0.15) is 12.1 Å². The largest absolute Gasteiger partial charge is 0.493 e. The van der Waals surface area contributed by atoms with Crippen LogP contribution in [0.25, 0.3) is 10.9 Å². The van der Waals surface area contributed by atoms with Gasteiger partial charge in [-0.1, -0.05) is 0 Å². The van der Waals surface area contributed by atoms with E-state index in [0.717, 1.165) is 22.3 Å². The van der Waals surface area contributed by atoms with Gasteiger partial charge in [0.25, 0.3) is 0 Å². The van der Waals surface area contributed by atoms with Crippen LogP contribution in [0.1, 0.15) is 5.56 Å². The minimum absolute atomic E-state index is 0.695. The van der Waals surface area contributed by atoms with Crippen molar-refractivity contribution in [1.82, 2.24) is 9.97 Å². The quantitative estimate of drug-likeness (QED) is 0.830. The molecule has 0 spiro atoms. The fraction of sp³-hybridized carbons (Fsp3) is 0.385. The summed E-state index contributed by atoms with van der Waals surface area (Å²) < 4.78 is 10.7. The lowest BCUT2D eigenvalue weighted by molar-refractivity contribution is 0.354. The van der Waals surface area contributed by atoms with Gasteiger partial charge in [-0.15, -0.1) is 0 Å². The van der Waals surface area contributed by atoms with E-state index in [2.05, 4.69) is 9.97 Å². The van der Waals surface area contributed by atoms with Crippen LogP contribution in [0.2, 0.25) is 0 Å². The number of hydrogen-bond acceptors (Lipinski definition) is 5. The van der Waals surface area contributed by atoms with Gasteiger partial charge >= 0.3 is 0 Å². The number of nitrogens with zero attached hydrogens (tertiary/aromatic N) is 3. The van der Waals surface area contributed by atoms with E-state index in [1.165, 1.54) is 0 Å². The van der Waals surface area contributed by atoms with Gasteiger partial charge in [-0.25, -0.2) is 9.97 Å². The number of methoxy groups -OCH3 is 2. The van der Waals surface area contributed by atoms with E-state index < -0.39 is 0 Å². The Balaban J connectivity index is 2.85. The summed E-state index contributed by atoms with van der Waals surface area (Å²) >= 11 is 0. The Kier molecular flexibility index (Phi) is 3.23. The monoisotopic (exact) mass is 247 g/mol. The van der Waals surface area contributed by atoms with Crippen molar-refractivity contribution in [3.8, 4) is 11.5 Å². The van der Waals surface area contributed by atoms with Crippen molar-refractivity contribution in [2.24, 2.45) is 0 Å². The van der Waals surface area contributed by atoms with Gasteiger partial charge in [-0.3, -0.25) is 0 Å². The number of aromatic nitrogens is 2. The van der Waals surface area contributed by atoms with Crippen LogP contribution >= 0.6 is 0 Å². The average molecular weight is 247 g/mol.